The molecule has 0 amide bonds. The summed E-state index contributed by atoms with van der Waals surface area (Å²) in [5.74, 6) is 0.286. The van der Waals surface area contributed by atoms with Crippen molar-refractivity contribution in [1.29, 1.82) is 0 Å². The van der Waals surface area contributed by atoms with Crippen LogP contribution in [0, 0.1) is 0 Å². The van der Waals surface area contributed by atoms with Crippen LogP contribution in [0.4, 0.5) is 11.4 Å². The second-order valence-electron chi connectivity index (χ2n) is 11.0. The summed E-state index contributed by atoms with van der Waals surface area (Å²) in [6.07, 6.45) is 37.6. The Morgan fingerprint density at radius 1 is 0.635 bits per heavy atom. The molecule has 7 nitrogen and oxygen atoms in total. The third-order valence-electron chi connectivity index (χ3n) is 7.46. The molecule has 1 atom stereocenters. The fourth-order valence-corrected chi connectivity index (χ4v) is 4.71. The van der Waals surface area contributed by atoms with Crippen molar-refractivity contribution in [1.82, 2.24) is 0 Å². The van der Waals surface area contributed by atoms with Gasteiger partial charge in [0, 0.05) is 29.3 Å². The SMILES string of the molecule is C=C/C=C\C=C\N(C(/C=C\C(\C=C/C)=C\C)=C\O)c1ccc(C(N)=N[C@@H](N)c2ccc(N(/C=C/C=C\C)C(/C=C\C(\C=C/C)=C\C)=C\O)cc2)cc1. The van der Waals surface area contributed by atoms with Crippen LogP contribution in [0.25, 0.3) is 0 Å². The summed E-state index contributed by atoms with van der Waals surface area (Å²) in [4.78, 5) is 8.31. The molecule has 0 aliphatic rings. The van der Waals surface area contributed by atoms with Crippen LogP contribution in [0.15, 0.2) is 211 Å². The van der Waals surface area contributed by atoms with Gasteiger partial charge in [-0.05, 0) is 112 Å². The second kappa shape index (κ2) is 23.9. The van der Waals surface area contributed by atoms with Gasteiger partial charge in [-0.15, -0.1) is 0 Å². The summed E-state index contributed by atoms with van der Waals surface area (Å²) in [7, 11) is 0. The van der Waals surface area contributed by atoms with Gasteiger partial charge in [0.2, 0.25) is 0 Å². The zero-order chi connectivity index (χ0) is 38.1. The van der Waals surface area contributed by atoms with Crippen LogP contribution in [0.5, 0.6) is 0 Å². The van der Waals surface area contributed by atoms with E-state index in [1.54, 1.807) is 6.08 Å². The highest BCUT2D eigenvalue weighted by Gasteiger charge is 2.12. The number of aliphatic hydroxyl groups is 2. The second-order valence-corrected chi connectivity index (χ2v) is 11.0. The molecule has 0 saturated carbocycles. The van der Waals surface area contributed by atoms with Gasteiger partial charge in [0.15, 0.2) is 0 Å². The summed E-state index contributed by atoms with van der Waals surface area (Å²) in [5, 5.41) is 20.4. The molecule has 0 radical (unpaired) electrons. The van der Waals surface area contributed by atoms with E-state index in [-0.39, 0.29) is 5.84 Å². The van der Waals surface area contributed by atoms with Gasteiger partial charge < -0.3 is 31.5 Å². The monoisotopic (exact) mass is 695 g/mol. The van der Waals surface area contributed by atoms with Gasteiger partial charge in [0.25, 0.3) is 0 Å². The van der Waals surface area contributed by atoms with Crippen LogP contribution in [0.3, 0.4) is 0 Å². The first-order valence-corrected chi connectivity index (χ1v) is 17.1. The molecule has 0 aliphatic carbocycles. The van der Waals surface area contributed by atoms with Crippen molar-refractivity contribution in [3.8, 4) is 0 Å². The quantitative estimate of drug-likeness (QED) is 0.0534. The van der Waals surface area contributed by atoms with E-state index in [2.05, 4.69) is 11.6 Å². The molecule has 0 bridgehead atoms. The molecule has 2 aromatic rings. The van der Waals surface area contributed by atoms with Gasteiger partial charge >= 0.3 is 0 Å². The minimum absolute atomic E-state index is 0.286. The maximum absolute atomic E-state index is 10.2. The molecule has 52 heavy (non-hydrogen) atoms. The third-order valence-corrected chi connectivity index (χ3v) is 7.46. The normalized spacial score (nSPS) is 14.9. The molecule has 7 heteroatoms. The van der Waals surface area contributed by atoms with Crippen LogP contribution in [-0.4, -0.2) is 16.0 Å². The number of benzene rings is 2. The first-order valence-electron chi connectivity index (χ1n) is 17.1. The zero-order valence-electron chi connectivity index (χ0n) is 30.9. The van der Waals surface area contributed by atoms with Crippen molar-refractivity contribution in [2.75, 3.05) is 9.80 Å². The predicted octanol–water partition coefficient (Wildman–Crippen LogP) is 11.0. The van der Waals surface area contributed by atoms with Crippen molar-refractivity contribution in [2.45, 2.75) is 40.8 Å². The van der Waals surface area contributed by atoms with Crippen molar-refractivity contribution in [3.05, 3.63) is 217 Å². The minimum atomic E-state index is -0.713. The van der Waals surface area contributed by atoms with Crippen LogP contribution in [-0.2, 0) is 0 Å². The molecule has 6 N–H and O–H groups in total. The molecule has 270 valence electrons. The number of nitrogens with two attached hydrogens (primary N) is 2. The van der Waals surface area contributed by atoms with Crippen LogP contribution < -0.4 is 21.3 Å². The molecule has 0 aliphatic heterocycles. The van der Waals surface area contributed by atoms with Crippen molar-refractivity contribution in [2.24, 2.45) is 16.5 Å². The van der Waals surface area contributed by atoms with E-state index in [1.807, 2.05) is 203 Å². The van der Waals surface area contributed by atoms with Crippen molar-refractivity contribution in [3.63, 3.8) is 0 Å². The Labute approximate surface area is 310 Å². The summed E-state index contributed by atoms with van der Waals surface area (Å²) < 4.78 is 0. The van der Waals surface area contributed by atoms with Crippen LogP contribution >= 0.6 is 0 Å². The number of hydrogen-bond acceptors (Lipinski definition) is 6. The highest BCUT2D eigenvalue weighted by Crippen LogP contribution is 2.25. The average molecular weight is 696 g/mol. The van der Waals surface area contributed by atoms with Gasteiger partial charge in [-0.25, -0.2) is 4.99 Å². The lowest BCUT2D eigenvalue weighted by molar-refractivity contribution is 0.467. The van der Waals surface area contributed by atoms with Gasteiger partial charge in [-0.2, -0.15) is 0 Å². The van der Waals surface area contributed by atoms with Gasteiger partial charge in [0.05, 0.1) is 11.4 Å². The number of amidine groups is 1. The van der Waals surface area contributed by atoms with E-state index < -0.39 is 6.17 Å². The summed E-state index contributed by atoms with van der Waals surface area (Å²) in [6, 6.07) is 15.1. The summed E-state index contributed by atoms with van der Waals surface area (Å²) >= 11 is 0. The Balaban J connectivity index is 2.39. The molecule has 0 heterocycles. The molecule has 0 aromatic heterocycles. The van der Waals surface area contributed by atoms with Gasteiger partial charge in [0.1, 0.15) is 24.5 Å². The Morgan fingerprint density at radius 3 is 1.54 bits per heavy atom. The molecule has 0 fully saturated rings. The zero-order valence-corrected chi connectivity index (χ0v) is 30.9. The minimum Gasteiger partial charge on any atom is -0.513 e. The topological polar surface area (TPSA) is 111 Å². The molecule has 0 spiro atoms. The van der Waals surface area contributed by atoms with Gasteiger partial charge in [-0.3, -0.25) is 0 Å². The smallest absolute Gasteiger partial charge is 0.127 e. The highest BCUT2D eigenvalue weighted by molar-refractivity contribution is 5.98. The molecular weight excluding hydrogens is 643 g/mol. The van der Waals surface area contributed by atoms with Crippen molar-refractivity contribution >= 4 is 17.2 Å². The Morgan fingerprint density at radius 2 is 1.12 bits per heavy atom. The molecule has 2 aromatic carbocycles. The molecular formula is C45H53N5O2. The van der Waals surface area contributed by atoms with Crippen LogP contribution in [0.1, 0.15) is 51.9 Å². The van der Waals surface area contributed by atoms with E-state index >= 15 is 0 Å². The maximum Gasteiger partial charge on any atom is 0.127 e. The summed E-state index contributed by atoms with van der Waals surface area (Å²) in [6.45, 7) is 13.5. The number of rotatable bonds is 18. The number of allylic oxidation sites excluding steroid dienone is 19. The standard InChI is InChI=1S/C45H53N5O2/c1-7-13-15-17-33-50(43(35-52)27-21-37(12-6)19-10-4)41-30-24-39(25-31-41)45(47)48-44(46)38-22-28-40(29-23-38)49(32-16-14-8-2)42(34-51)26-20-36(11-5)18-9-3/h7-35,44,51-52H,1,46H2,2-6H3,(H2,47,48)/b14-8-,15-13-,18-9-,19-10-,26-20-,27-21-,32-16+,33-17+,36-11+,37-12+,42-34-,43-35-/t44-/m1/s1. The number of aliphatic imine (C=N–C) groups is 1. The fraction of sp³-hybridized carbons (Fsp3) is 0.133. The van der Waals surface area contributed by atoms with E-state index in [0.29, 0.717) is 17.0 Å². The number of anilines is 2. The molecule has 0 unspecified atom stereocenters. The van der Waals surface area contributed by atoms with Crippen LogP contribution in [0.2, 0.25) is 0 Å². The average Bonchev–Trinajstić information content (AvgIpc) is 3.17. The first-order chi connectivity index (χ1) is 25.3. The number of nitrogens with zero attached hydrogens (tertiary/aromatic N) is 3. The lowest BCUT2D eigenvalue weighted by atomic mass is 10.1. The number of hydrogen-bond donors (Lipinski definition) is 4. The largest absolute Gasteiger partial charge is 0.513 e. The Hall–Kier alpha value is -6.31. The number of aliphatic hydroxyl groups excluding tert-OH is 2. The van der Waals surface area contributed by atoms with Gasteiger partial charge in [-0.1, -0.05) is 97.7 Å². The summed E-state index contributed by atoms with van der Waals surface area (Å²) in [5.41, 5.74) is 19.2. The maximum atomic E-state index is 10.2. The highest BCUT2D eigenvalue weighted by atomic mass is 16.2. The Bertz CT molecular complexity index is 1820. The molecule has 0 saturated heterocycles. The lowest BCUT2D eigenvalue weighted by Crippen LogP contribution is -2.19. The lowest BCUT2D eigenvalue weighted by Gasteiger charge is -2.22. The van der Waals surface area contributed by atoms with E-state index in [4.69, 9.17) is 11.5 Å². The first kappa shape index (κ1) is 41.9. The Kier molecular flexibility index (Phi) is 19.3. The molecule has 2 rings (SSSR count). The fourth-order valence-electron chi connectivity index (χ4n) is 4.71. The van der Waals surface area contributed by atoms with E-state index in [0.717, 1.165) is 40.6 Å². The predicted molar refractivity (Wildman–Crippen MR) is 225 cm³/mol. The van der Waals surface area contributed by atoms with E-state index in [1.165, 1.54) is 0 Å². The van der Waals surface area contributed by atoms with E-state index in [9.17, 15) is 10.2 Å². The van der Waals surface area contributed by atoms with Crippen molar-refractivity contribution < 1.29 is 10.2 Å². The third kappa shape index (κ3) is 13.5.